The number of carbonyl (C=O) groups excluding carboxylic acids is 2. The van der Waals surface area contributed by atoms with E-state index in [1.807, 2.05) is 0 Å². The van der Waals surface area contributed by atoms with Gasteiger partial charge in [0, 0.05) is 25.9 Å². The number of carbonyl (C=O) groups is 2. The molecule has 2 aliphatic heterocycles. The van der Waals surface area contributed by atoms with Gasteiger partial charge in [-0.25, -0.2) is 4.79 Å². The highest BCUT2D eigenvalue weighted by molar-refractivity contribution is 5.91. The summed E-state index contributed by atoms with van der Waals surface area (Å²) < 4.78 is 10.4. The minimum absolute atomic E-state index is 0.105. The molecule has 1 spiro atoms. The fraction of sp³-hybridized carbons (Fsp3) is 0.500. The molecule has 0 aliphatic carbocycles. The van der Waals surface area contributed by atoms with Gasteiger partial charge in [0.15, 0.2) is 5.76 Å². The third kappa shape index (κ3) is 1.83. The summed E-state index contributed by atoms with van der Waals surface area (Å²) in [7, 11) is 0. The van der Waals surface area contributed by atoms with Crippen molar-refractivity contribution in [2.45, 2.75) is 18.4 Å². The molecule has 1 N–H and O–H groups in total. The Bertz CT molecular complexity index is 460. The molecule has 3 heterocycles. The van der Waals surface area contributed by atoms with Gasteiger partial charge in [0.05, 0.1) is 12.8 Å². The van der Waals surface area contributed by atoms with Crippen LogP contribution in [0.25, 0.3) is 0 Å². The summed E-state index contributed by atoms with van der Waals surface area (Å²) >= 11 is 0. The van der Waals surface area contributed by atoms with Gasteiger partial charge in [-0.2, -0.15) is 0 Å². The van der Waals surface area contributed by atoms with E-state index in [0.717, 1.165) is 0 Å². The van der Waals surface area contributed by atoms with E-state index in [0.29, 0.717) is 38.2 Å². The van der Waals surface area contributed by atoms with E-state index in [4.69, 9.17) is 9.15 Å². The van der Waals surface area contributed by atoms with Crippen LogP contribution in [0.1, 0.15) is 23.4 Å². The molecule has 0 radical (unpaired) electrons. The summed E-state index contributed by atoms with van der Waals surface area (Å²) in [6.45, 7) is 1.69. The molecule has 96 valence electrons. The Balaban J connectivity index is 1.64. The highest BCUT2D eigenvalue weighted by Crippen LogP contribution is 2.29. The molecule has 2 fully saturated rings. The summed E-state index contributed by atoms with van der Waals surface area (Å²) in [5.41, 5.74) is -0.420. The van der Waals surface area contributed by atoms with E-state index in [-0.39, 0.29) is 12.0 Å². The molecule has 18 heavy (non-hydrogen) atoms. The Kier molecular flexibility index (Phi) is 2.50. The van der Waals surface area contributed by atoms with E-state index in [1.165, 1.54) is 6.26 Å². The zero-order valence-corrected chi connectivity index (χ0v) is 9.85. The molecule has 0 bridgehead atoms. The number of piperidine rings is 1. The zero-order chi connectivity index (χ0) is 12.6. The Morgan fingerprint density at radius 1 is 1.39 bits per heavy atom. The first-order valence-corrected chi connectivity index (χ1v) is 5.98. The predicted molar refractivity (Wildman–Crippen MR) is 61.1 cm³/mol. The fourth-order valence-corrected chi connectivity index (χ4v) is 2.45. The first kappa shape index (κ1) is 11.1. The lowest BCUT2D eigenvalue weighted by molar-refractivity contribution is 0.00244. The van der Waals surface area contributed by atoms with Crippen molar-refractivity contribution in [2.24, 2.45) is 0 Å². The minimum atomic E-state index is -0.420. The number of amides is 2. The number of ether oxygens (including phenoxy) is 1. The smallest absolute Gasteiger partial charge is 0.407 e. The van der Waals surface area contributed by atoms with E-state index < -0.39 is 5.60 Å². The highest BCUT2D eigenvalue weighted by atomic mass is 16.6. The largest absolute Gasteiger partial charge is 0.459 e. The van der Waals surface area contributed by atoms with Crippen molar-refractivity contribution >= 4 is 12.0 Å². The normalized spacial score (nSPS) is 21.8. The second-order valence-corrected chi connectivity index (χ2v) is 4.70. The lowest BCUT2D eigenvalue weighted by Gasteiger charge is -2.36. The molecule has 2 amide bonds. The molecule has 6 heteroatoms. The Labute approximate surface area is 104 Å². The van der Waals surface area contributed by atoms with Gasteiger partial charge in [-0.1, -0.05) is 0 Å². The molecular formula is C12H14N2O4. The maximum Gasteiger partial charge on any atom is 0.407 e. The second kappa shape index (κ2) is 4.04. The van der Waals surface area contributed by atoms with E-state index >= 15 is 0 Å². The maximum absolute atomic E-state index is 12.0. The molecule has 3 rings (SSSR count). The molecule has 1 aromatic heterocycles. The van der Waals surface area contributed by atoms with Crippen LogP contribution < -0.4 is 5.32 Å². The van der Waals surface area contributed by atoms with Crippen LogP contribution in [0.2, 0.25) is 0 Å². The lowest BCUT2D eigenvalue weighted by atomic mass is 9.91. The van der Waals surface area contributed by atoms with E-state index in [1.54, 1.807) is 17.0 Å². The monoisotopic (exact) mass is 250 g/mol. The minimum Gasteiger partial charge on any atom is -0.459 e. The molecule has 0 atom stereocenters. The van der Waals surface area contributed by atoms with Gasteiger partial charge in [0.2, 0.25) is 0 Å². The Hall–Kier alpha value is -1.98. The van der Waals surface area contributed by atoms with Crippen LogP contribution in [0.4, 0.5) is 4.79 Å². The first-order valence-electron chi connectivity index (χ1n) is 5.98. The lowest BCUT2D eigenvalue weighted by Crippen LogP contribution is -2.48. The molecule has 0 aromatic carbocycles. The van der Waals surface area contributed by atoms with Crippen LogP contribution in [0.3, 0.4) is 0 Å². The van der Waals surface area contributed by atoms with Crippen LogP contribution in [-0.4, -0.2) is 42.1 Å². The predicted octanol–water partition coefficient (Wildman–Crippen LogP) is 0.994. The van der Waals surface area contributed by atoms with Crippen molar-refractivity contribution in [2.75, 3.05) is 19.6 Å². The first-order chi connectivity index (χ1) is 8.69. The summed E-state index contributed by atoms with van der Waals surface area (Å²) in [5.74, 6) is 0.250. The molecule has 2 aliphatic rings. The molecular weight excluding hydrogens is 236 g/mol. The Morgan fingerprint density at radius 2 is 2.17 bits per heavy atom. The van der Waals surface area contributed by atoms with Crippen molar-refractivity contribution in [3.8, 4) is 0 Å². The van der Waals surface area contributed by atoms with E-state index in [2.05, 4.69) is 5.32 Å². The van der Waals surface area contributed by atoms with Crippen LogP contribution >= 0.6 is 0 Å². The summed E-state index contributed by atoms with van der Waals surface area (Å²) in [4.78, 5) is 24.9. The number of hydrogen-bond donors (Lipinski definition) is 1. The van der Waals surface area contributed by atoms with Gasteiger partial charge < -0.3 is 19.4 Å². The number of nitrogens with one attached hydrogen (secondary N) is 1. The van der Waals surface area contributed by atoms with Crippen molar-refractivity contribution < 1.29 is 18.7 Å². The van der Waals surface area contributed by atoms with Crippen molar-refractivity contribution in [1.82, 2.24) is 10.2 Å². The van der Waals surface area contributed by atoms with Gasteiger partial charge in [-0.15, -0.1) is 0 Å². The highest BCUT2D eigenvalue weighted by Gasteiger charge is 2.43. The third-order valence-electron chi connectivity index (χ3n) is 3.56. The summed E-state index contributed by atoms with van der Waals surface area (Å²) in [6.07, 6.45) is 2.46. The second-order valence-electron chi connectivity index (χ2n) is 4.70. The van der Waals surface area contributed by atoms with Gasteiger partial charge in [0.25, 0.3) is 5.91 Å². The average Bonchev–Trinajstić information content (AvgIpc) is 3.00. The topological polar surface area (TPSA) is 71.8 Å². The number of hydrogen-bond acceptors (Lipinski definition) is 4. The van der Waals surface area contributed by atoms with Crippen molar-refractivity contribution in [3.63, 3.8) is 0 Å². The van der Waals surface area contributed by atoms with E-state index in [9.17, 15) is 9.59 Å². The molecule has 0 saturated carbocycles. The Morgan fingerprint density at radius 3 is 2.72 bits per heavy atom. The maximum atomic E-state index is 12.0. The standard InChI is InChI=1S/C12H14N2O4/c15-10(9-2-1-7-17-9)14-5-3-12(4-6-14)8-13-11(16)18-12/h1-2,7H,3-6,8H2,(H,13,16). The zero-order valence-electron chi connectivity index (χ0n) is 9.85. The van der Waals surface area contributed by atoms with Crippen LogP contribution in [0.5, 0.6) is 0 Å². The molecule has 0 unspecified atom stereocenters. The average molecular weight is 250 g/mol. The van der Waals surface area contributed by atoms with Crippen LogP contribution in [0, 0.1) is 0 Å². The summed E-state index contributed by atoms with van der Waals surface area (Å²) in [5, 5.41) is 2.67. The van der Waals surface area contributed by atoms with Crippen molar-refractivity contribution in [1.29, 1.82) is 0 Å². The molecule has 6 nitrogen and oxygen atoms in total. The van der Waals surface area contributed by atoms with Gasteiger partial charge in [-0.3, -0.25) is 4.79 Å². The number of rotatable bonds is 1. The van der Waals surface area contributed by atoms with Crippen LogP contribution in [0.15, 0.2) is 22.8 Å². The summed E-state index contributed by atoms with van der Waals surface area (Å²) in [6, 6.07) is 3.35. The molecule has 2 saturated heterocycles. The SMILES string of the molecule is O=C1NCC2(CCN(C(=O)c3ccco3)CC2)O1. The number of furan rings is 1. The quantitative estimate of drug-likeness (QED) is 0.807. The van der Waals surface area contributed by atoms with Gasteiger partial charge in [-0.05, 0) is 12.1 Å². The van der Waals surface area contributed by atoms with Crippen LogP contribution in [-0.2, 0) is 4.74 Å². The third-order valence-corrected chi connectivity index (χ3v) is 3.56. The fourth-order valence-electron chi connectivity index (χ4n) is 2.45. The number of nitrogens with zero attached hydrogens (tertiary/aromatic N) is 1. The van der Waals surface area contributed by atoms with Gasteiger partial charge in [0.1, 0.15) is 5.60 Å². The number of alkyl carbamates (subject to hydrolysis) is 1. The molecule has 1 aromatic rings. The van der Waals surface area contributed by atoms with Crippen molar-refractivity contribution in [3.05, 3.63) is 24.2 Å². The van der Waals surface area contributed by atoms with Gasteiger partial charge >= 0.3 is 6.09 Å². The number of likely N-dealkylation sites (tertiary alicyclic amines) is 1.